The molecular formula is C14H30N2O. The molecule has 17 heavy (non-hydrogen) atoms. The first-order chi connectivity index (χ1) is 7.94. The van der Waals surface area contributed by atoms with Crippen LogP contribution in [0.15, 0.2) is 0 Å². The van der Waals surface area contributed by atoms with Gasteiger partial charge in [0.25, 0.3) is 0 Å². The van der Waals surface area contributed by atoms with Gasteiger partial charge in [0.05, 0.1) is 0 Å². The van der Waals surface area contributed by atoms with Crippen LogP contribution in [0.5, 0.6) is 0 Å². The van der Waals surface area contributed by atoms with Crippen molar-refractivity contribution in [3.63, 3.8) is 0 Å². The lowest BCUT2D eigenvalue weighted by Crippen LogP contribution is -2.60. The molecule has 1 rings (SSSR count). The molecule has 0 spiro atoms. The molecule has 1 aliphatic heterocycles. The standard InChI is InChI=1S/C14H30N2O/c1-11-8-12(2)13(3)16(9-11)14(4,10-15)6-7-17-5/h11-13H,6-10,15H2,1-5H3. The molecule has 0 aromatic carbocycles. The Morgan fingerprint density at radius 3 is 2.53 bits per heavy atom. The summed E-state index contributed by atoms with van der Waals surface area (Å²) < 4.78 is 5.24. The Kier molecular flexibility index (Phi) is 5.42. The largest absolute Gasteiger partial charge is 0.385 e. The number of ether oxygens (including phenoxy) is 1. The van der Waals surface area contributed by atoms with Crippen molar-refractivity contribution in [2.24, 2.45) is 17.6 Å². The van der Waals surface area contributed by atoms with Crippen LogP contribution in [0.1, 0.15) is 40.5 Å². The maximum Gasteiger partial charge on any atom is 0.0480 e. The lowest BCUT2D eigenvalue weighted by molar-refractivity contribution is -0.0211. The Bertz CT molecular complexity index is 234. The molecule has 2 N–H and O–H groups in total. The van der Waals surface area contributed by atoms with Gasteiger partial charge in [0.2, 0.25) is 0 Å². The molecule has 1 saturated heterocycles. The molecule has 1 fully saturated rings. The van der Waals surface area contributed by atoms with Gasteiger partial charge in [0.1, 0.15) is 0 Å². The number of hydrogen-bond donors (Lipinski definition) is 1. The van der Waals surface area contributed by atoms with Gasteiger partial charge in [-0.05, 0) is 38.5 Å². The Morgan fingerprint density at radius 1 is 1.35 bits per heavy atom. The van der Waals surface area contributed by atoms with E-state index in [0.717, 1.165) is 24.9 Å². The van der Waals surface area contributed by atoms with Gasteiger partial charge in [0, 0.05) is 38.4 Å². The van der Waals surface area contributed by atoms with Crippen molar-refractivity contribution in [3.05, 3.63) is 0 Å². The molecule has 0 amide bonds. The molecule has 1 aliphatic rings. The summed E-state index contributed by atoms with van der Waals surface area (Å²) in [6.45, 7) is 12.0. The van der Waals surface area contributed by atoms with Crippen LogP contribution in [0.3, 0.4) is 0 Å². The van der Waals surface area contributed by atoms with Gasteiger partial charge in [-0.2, -0.15) is 0 Å². The second kappa shape index (κ2) is 6.17. The van der Waals surface area contributed by atoms with Gasteiger partial charge in [-0.15, -0.1) is 0 Å². The van der Waals surface area contributed by atoms with Crippen molar-refractivity contribution >= 4 is 0 Å². The summed E-state index contributed by atoms with van der Waals surface area (Å²) in [6, 6.07) is 0.622. The van der Waals surface area contributed by atoms with E-state index in [9.17, 15) is 0 Å². The van der Waals surface area contributed by atoms with Crippen LogP contribution in [-0.4, -0.2) is 43.3 Å². The maximum atomic E-state index is 6.03. The van der Waals surface area contributed by atoms with Gasteiger partial charge in [-0.1, -0.05) is 13.8 Å². The molecule has 0 aromatic rings. The summed E-state index contributed by atoms with van der Waals surface area (Å²) in [5.74, 6) is 1.53. The van der Waals surface area contributed by atoms with E-state index in [1.54, 1.807) is 7.11 Å². The van der Waals surface area contributed by atoms with Crippen molar-refractivity contribution in [2.45, 2.75) is 52.1 Å². The third-order valence-corrected chi connectivity index (χ3v) is 4.58. The van der Waals surface area contributed by atoms with Gasteiger partial charge < -0.3 is 10.5 Å². The fraction of sp³-hybridized carbons (Fsp3) is 1.00. The molecule has 0 aliphatic carbocycles. The zero-order valence-corrected chi connectivity index (χ0v) is 12.2. The number of hydrogen-bond acceptors (Lipinski definition) is 3. The average molecular weight is 242 g/mol. The highest BCUT2D eigenvalue weighted by Gasteiger charge is 2.39. The fourth-order valence-corrected chi connectivity index (χ4v) is 3.11. The minimum Gasteiger partial charge on any atom is -0.385 e. The number of likely N-dealkylation sites (tertiary alicyclic amines) is 1. The Hall–Kier alpha value is -0.120. The maximum absolute atomic E-state index is 6.03. The Balaban J connectivity index is 2.77. The normalized spacial score (nSPS) is 34.6. The van der Waals surface area contributed by atoms with Crippen molar-refractivity contribution in [3.8, 4) is 0 Å². The van der Waals surface area contributed by atoms with E-state index in [1.807, 2.05) is 0 Å². The molecule has 102 valence electrons. The van der Waals surface area contributed by atoms with E-state index >= 15 is 0 Å². The molecule has 1 heterocycles. The third-order valence-electron chi connectivity index (χ3n) is 4.58. The third kappa shape index (κ3) is 3.43. The number of nitrogens with zero attached hydrogens (tertiary/aromatic N) is 1. The highest BCUT2D eigenvalue weighted by molar-refractivity contribution is 4.95. The van der Waals surface area contributed by atoms with Crippen molar-refractivity contribution in [1.29, 1.82) is 0 Å². The average Bonchev–Trinajstić information content (AvgIpc) is 2.30. The van der Waals surface area contributed by atoms with Gasteiger partial charge in [0.15, 0.2) is 0 Å². The van der Waals surface area contributed by atoms with Crippen molar-refractivity contribution in [1.82, 2.24) is 4.90 Å². The number of piperidine rings is 1. The van der Waals surface area contributed by atoms with Gasteiger partial charge >= 0.3 is 0 Å². The number of rotatable bonds is 5. The van der Waals surface area contributed by atoms with Crippen LogP contribution in [0.2, 0.25) is 0 Å². The smallest absolute Gasteiger partial charge is 0.0480 e. The van der Waals surface area contributed by atoms with Gasteiger partial charge in [-0.3, -0.25) is 4.90 Å². The highest BCUT2D eigenvalue weighted by Crippen LogP contribution is 2.33. The molecule has 3 heteroatoms. The van der Waals surface area contributed by atoms with E-state index < -0.39 is 0 Å². The Morgan fingerprint density at radius 2 is 2.00 bits per heavy atom. The van der Waals surface area contributed by atoms with E-state index in [0.29, 0.717) is 12.6 Å². The van der Waals surface area contributed by atoms with Crippen LogP contribution >= 0.6 is 0 Å². The van der Waals surface area contributed by atoms with E-state index in [2.05, 4.69) is 32.6 Å². The first-order valence-corrected chi connectivity index (χ1v) is 6.90. The topological polar surface area (TPSA) is 38.5 Å². The predicted octanol–water partition coefficient (Wildman–Crippen LogP) is 2.11. The molecular weight excluding hydrogens is 212 g/mol. The summed E-state index contributed by atoms with van der Waals surface area (Å²) in [4.78, 5) is 2.62. The monoisotopic (exact) mass is 242 g/mol. The molecule has 4 atom stereocenters. The van der Waals surface area contributed by atoms with Crippen LogP contribution in [-0.2, 0) is 4.74 Å². The highest BCUT2D eigenvalue weighted by atomic mass is 16.5. The zero-order chi connectivity index (χ0) is 13.1. The summed E-state index contributed by atoms with van der Waals surface area (Å²) in [5.41, 5.74) is 6.12. The fourth-order valence-electron chi connectivity index (χ4n) is 3.11. The molecule has 0 radical (unpaired) electrons. The van der Waals surface area contributed by atoms with Crippen molar-refractivity contribution < 1.29 is 4.74 Å². The van der Waals surface area contributed by atoms with Gasteiger partial charge in [-0.25, -0.2) is 0 Å². The molecule has 3 nitrogen and oxygen atoms in total. The molecule has 0 saturated carbocycles. The summed E-state index contributed by atoms with van der Waals surface area (Å²) in [7, 11) is 1.77. The quantitative estimate of drug-likeness (QED) is 0.802. The first kappa shape index (κ1) is 14.9. The molecule has 4 unspecified atom stereocenters. The lowest BCUT2D eigenvalue weighted by Gasteiger charge is -2.51. The molecule has 0 aromatic heterocycles. The minimum absolute atomic E-state index is 0.0817. The first-order valence-electron chi connectivity index (χ1n) is 6.90. The summed E-state index contributed by atoms with van der Waals surface area (Å²) in [5, 5.41) is 0. The van der Waals surface area contributed by atoms with Crippen molar-refractivity contribution in [2.75, 3.05) is 26.8 Å². The minimum atomic E-state index is 0.0817. The van der Waals surface area contributed by atoms with E-state index in [4.69, 9.17) is 10.5 Å². The van der Waals surface area contributed by atoms with Crippen LogP contribution in [0, 0.1) is 11.8 Å². The summed E-state index contributed by atoms with van der Waals surface area (Å²) >= 11 is 0. The van der Waals surface area contributed by atoms with Crippen LogP contribution in [0.4, 0.5) is 0 Å². The second-order valence-electron chi connectivity index (χ2n) is 6.15. The predicted molar refractivity (Wildman–Crippen MR) is 73.1 cm³/mol. The second-order valence-corrected chi connectivity index (χ2v) is 6.15. The Labute approximate surface area is 107 Å². The SMILES string of the molecule is COCCC(C)(CN)N1CC(C)CC(C)C1C. The lowest BCUT2D eigenvalue weighted by atomic mass is 9.81. The van der Waals surface area contributed by atoms with E-state index in [1.165, 1.54) is 13.0 Å². The zero-order valence-electron chi connectivity index (χ0n) is 12.2. The number of methoxy groups -OCH3 is 1. The number of nitrogens with two attached hydrogens (primary N) is 1. The van der Waals surface area contributed by atoms with E-state index in [-0.39, 0.29) is 5.54 Å². The summed E-state index contributed by atoms with van der Waals surface area (Å²) in [6.07, 6.45) is 2.35. The van der Waals surface area contributed by atoms with Crippen LogP contribution in [0.25, 0.3) is 0 Å². The van der Waals surface area contributed by atoms with Crippen LogP contribution < -0.4 is 5.73 Å². The molecule has 0 bridgehead atoms.